The summed E-state index contributed by atoms with van der Waals surface area (Å²) in [6, 6.07) is 12.1. The van der Waals surface area contributed by atoms with E-state index in [0.717, 1.165) is 59.6 Å². The molecule has 3 aromatic rings. The van der Waals surface area contributed by atoms with Gasteiger partial charge in [-0.25, -0.2) is 4.98 Å². The first-order valence-electron chi connectivity index (χ1n) is 11.7. The summed E-state index contributed by atoms with van der Waals surface area (Å²) in [7, 11) is 0. The number of rotatable bonds is 9. The summed E-state index contributed by atoms with van der Waals surface area (Å²) in [5.41, 5.74) is 9.86. The van der Waals surface area contributed by atoms with E-state index in [-0.39, 0.29) is 0 Å². The van der Waals surface area contributed by atoms with Gasteiger partial charge in [-0.15, -0.1) is 0 Å². The lowest BCUT2D eigenvalue weighted by Gasteiger charge is -2.27. The second-order valence-corrected chi connectivity index (χ2v) is 9.19. The lowest BCUT2D eigenvalue weighted by atomic mass is 9.80. The summed E-state index contributed by atoms with van der Waals surface area (Å²) in [6.45, 7) is 1.54. The Hall–Kier alpha value is -2.50. The van der Waals surface area contributed by atoms with Crippen molar-refractivity contribution in [1.29, 1.82) is 0 Å². The molecular weight excluding hydrogens is 418 g/mol. The number of aryl methyl sites for hydroxylation is 1. The fourth-order valence-electron chi connectivity index (χ4n) is 4.52. The Balaban J connectivity index is 1.36. The van der Waals surface area contributed by atoms with Crippen LogP contribution in [-0.2, 0) is 13.0 Å². The molecule has 0 aromatic carbocycles. The molecule has 0 radical (unpaired) electrons. The minimum absolute atomic E-state index is 0.632. The predicted molar refractivity (Wildman–Crippen MR) is 131 cm³/mol. The highest BCUT2D eigenvalue weighted by molar-refractivity contribution is 6.33. The van der Waals surface area contributed by atoms with Crippen molar-refractivity contribution in [3.8, 4) is 11.3 Å². The van der Waals surface area contributed by atoms with Crippen molar-refractivity contribution >= 4 is 17.4 Å². The van der Waals surface area contributed by atoms with Crippen LogP contribution in [0.5, 0.6) is 0 Å². The number of hydrogen-bond donors (Lipinski definition) is 2. The highest BCUT2D eigenvalue weighted by Crippen LogP contribution is 2.32. The van der Waals surface area contributed by atoms with Crippen LogP contribution in [0.25, 0.3) is 11.3 Å². The normalized spacial score (nSPS) is 18.4. The molecule has 32 heavy (non-hydrogen) atoms. The SMILES string of the molecule is NCC1CCC(CCCc2cc(-c3cccc(NCc4ccncc4)n3)c(Cl)cn2)CC1. The Morgan fingerprint density at radius 2 is 1.81 bits per heavy atom. The number of aromatic nitrogens is 3. The quantitative estimate of drug-likeness (QED) is 0.425. The lowest BCUT2D eigenvalue weighted by molar-refractivity contribution is 0.264. The molecule has 3 aromatic heterocycles. The topological polar surface area (TPSA) is 76.7 Å². The molecule has 4 rings (SSSR count). The molecule has 3 heterocycles. The molecule has 0 amide bonds. The molecule has 6 heteroatoms. The predicted octanol–water partition coefficient (Wildman–Crippen LogP) is 5.89. The highest BCUT2D eigenvalue weighted by Gasteiger charge is 2.19. The molecule has 1 aliphatic carbocycles. The zero-order chi connectivity index (χ0) is 22.2. The summed E-state index contributed by atoms with van der Waals surface area (Å²) in [5, 5.41) is 4.01. The van der Waals surface area contributed by atoms with E-state index in [0.29, 0.717) is 11.6 Å². The van der Waals surface area contributed by atoms with E-state index in [9.17, 15) is 0 Å². The average Bonchev–Trinajstić information content (AvgIpc) is 2.85. The smallest absolute Gasteiger partial charge is 0.126 e. The molecule has 0 unspecified atom stereocenters. The third kappa shape index (κ3) is 6.27. The number of halogens is 1. The number of hydrogen-bond acceptors (Lipinski definition) is 5. The van der Waals surface area contributed by atoms with E-state index in [1.807, 2.05) is 30.3 Å². The van der Waals surface area contributed by atoms with Crippen LogP contribution in [0.2, 0.25) is 5.02 Å². The van der Waals surface area contributed by atoms with Crippen molar-refractivity contribution < 1.29 is 0 Å². The third-order valence-electron chi connectivity index (χ3n) is 6.50. The van der Waals surface area contributed by atoms with Crippen molar-refractivity contribution in [2.24, 2.45) is 17.6 Å². The van der Waals surface area contributed by atoms with Crippen molar-refractivity contribution in [3.05, 3.63) is 71.3 Å². The van der Waals surface area contributed by atoms with Crippen molar-refractivity contribution in [3.63, 3.8) is 0 Å². The number of pyridine rings is 3. The first-order valence-corrected chi connectivity index (χ1v) is 12.0. The maximum absolute atomic E-state index is 6.50. The van der Waals surface area contributed by atoms with E-state index in [1.54, 1.807) is 18.6 Å². The van der Waals surface area contributed by atoms with Crippen LogP contribution in [0.4, 0.5) is 5.82 Å². The van der Waals surface area contributed by atoms with Gasteiger partial charge in [0, 0.05) is 36.4 Å². The second-order valence-electron chi connectivity index (χ2n) is 8.79. The maximum Gasteiger partial charge on any atom is 0.126 e. The molecule has 0 atom stereocenters. The first-order chi connectivity index (χ1) is 15.7. The van der Waals surface area contributed by atoms with Gasteiger partial charge in [-0.3, -0.25) is 9.97 Å². The zero-order valence-electron chi connectivity index (χ0n) is 18.5. The highest BCUT2D eigenvalue weighted by atomic mass is 35.5. The van der Waals surface area contributed by atoms with Gasteiger partial charge in [-0.2, -0.15) is 0 Å². The zero-order valence-corrected chi connectivity index (χ0v) is 19.3. The van der Waals surface area contributed by atoms with Gasteiger partial charge in [0.2, 0.25) is 0 Å². The number of anilines is 1. The van der Waals surface area contributed by atoms with E-state index in [2.05, 4.69) is 21.4 Å². The Morgan fingerprint density at radius 3 is 2.59 bits per heavy atom. The fourth-order valence-corrected chi connectivity index (χ4v) is 4.72. The molecule has 168 valence electrons. The maximum atomic E-state index is 6.50. The average molecular weight is 450 g/mol. The van der Waals surface area contributed by atoms with Crippen LogP contribution in [-0.4, -0.2) is 21.5 Å². The van der Waals surface area contributed by atoms with Crippen LogP contribution in [0.15, 0.2) is 55.0 Å². The summed E-state index contributed by atoms with van der Waals surface area (Å²) in [4.78, 5) is 13.4. The van der Waals surface area contributed by atoms with Crippen LogP contribution in [0, 0.1) is 11.8 Å². The van der Waals surface area contributed by atoms with Crippen molar-refractivity contribution in [2.75, 3.05) is 11.9 Å². The fraction of sp³-hybridized carbons (Fsp3) is 0.423. The van der Waals surface area contributed by atoms with Gasteiger partial charge in [0.1, 0.15) is 5.82 Å². The van der Waals surface area contributed by atoms with Gasteiger partial charge in [-0.1, -0.05) is 36.9 Å². The number of nitrogens with two attached hydrogens (primary N) is 1. The summed E-state index contributed by atoms with van der Waals surface area (Å²) in [5.74, 6) is 2.41. The van der Waals surface area contributed by atoms with Crippen LogP contribution in [0.3, 0.4) is 0 Å². The molecule has 0 spiro atoms. The van der Waals surface area contributed by atoms with Crippen LogP contribution < -0.4 is 11.1 Å². The molecule has 1 fully saturated rings. The molecule has 0 bridgehead atoms. The molecule has 5 nitrogen and oxygen atoms in total. The van der Waals surface area contributed by atoms with Gasteiger partial charge in [0.05, 0.1) is 10.7 Å². The number of nitrogens with zero attached hydrogens (tertiary/aromatic N) is 3. The molecular formula is C26H32ClN5. The van der Waals surface area contributed by atoms with E-state index in [4.69, 9.17) is 22.3 Å². The lowest BCUT2D eigenvalue weighted by Crippen LogP contribution is -2.21. The summed E-state index contributed by atoms with van der Waals surface area (Å²) in [6.07, 6.45) is 14.0. The van der Waals surface area contributed by atoms with Gasteiger partial charge in [0.15, 0.2) is 0 Å². The Kier molecular flexibility index (Phi) is 8.07. The third-order valence-corrected chi connectivity index (χ3v) is 6.81. The summed E-state index contributed by atoms with van der Waals surface area (Å²) >= 11 is 6.50. The van der Waals surface area contributed by atoms with Gasteiger partial charge < -0.3 is 11.1 Å². The Bertz CT molecular complexity index is 987. The minimum Gasteiger partial charge on any atom is -0.366 e. The number of nitrogens with one attached hydrogen (secondary N) is 1. The monoisotopic (exact) mass is 449 g/mol. The second kappa shape index (κ2) is 11.4. The Labute approximate surface area is 195 Å². The summed E-state index contributed by atoms with van der Waals surface area (Å²) < 4.78 is 0. The Morgan fingerprint density at radius 1 is 1.03 bits per heavy atom. The van der Waals surface area contributed by atoms with E-state index in [1.165, 1.54) is 32.1 Å². The van der Waals surface area contributed by atoms with Crippen LogP contribution in [0.1, 0.15) is 49.8 Å². The molecule has 1 aliphatic rings. The molecule has 0 saturated heterocycles. The first kappa shape index (κ1) is 22.7. The van der Waals surface area contributed by atoms with E-state index < -0.39 is 0 Å². The minimum atomic E-state index is 0.632. The van der Waals surface area contributed by atoms with Crippen LogP contribution >= 0.6 is 11.6 Å². The molecule has 1 saturated carbocycles. The van der Waals surface area contributed by atoms with Gasteiger partial charge in [-0.05, 0) is 80.0 Å². The van der Waals surface area contributed by atoms with Crippen molar-refractivity contribution in [2.45, 2.75) is 51.5 Å². The molecule has 3 N–H and O–H groups in total. The molecule has 0 aliphatic heterocycles. The largest absolute Gasteiger partial charge is 0.366 e. The van der Waals surface area contributed by atoms with E-state index >= 15 is 0 Å². The van der Waals surface area contributed by atoms with Gasteiger partial charge >= 0.3 is 0 Å². The van der Waals surface area contributed by atoms with Crippen molar-refractivity contribution in [1.82, 2.24) is 15.0 Å². The standard InChI is InChI=1S/C26H32ClN5/c27-24-18-30-22(4-1-3-19-7-9-20(16-28)10-8-19)15-23(24)25-5-2-6-26(32-25)31-17-21-11-13-29-14-12-21/h2,5-6,11-15,18-20H,1,3-4,7-10,16-17,28H2,(H,31,32). The van der Waals surface area contributed by atoms with Gasteiger partial charge in [0.25, 0.3) is 0 Å².